The summed E-state index contributed by atoms with van der Waals surface area (Å²) in [6.45, 7) is 1.42. The molecule has 120 valence electrons. The van der Waals surface area contributed by atoms with Crippen LogP contribution in [0.15, 0.2) is 53.1 Å². The summed E-state index contributed by atoms with van der Waals surface area (Å²) in [5, 5.41) is 0. The highest BCUT2D eigenvalue weighted by Crippen LogP contribution is 2.24. The fourth-order valence-electron chi connectivity index (χ4n) is 2.42. The van der Waals surface area contributed by atoms with Crippen molar-refractivity contribution in [2.75, 3.05) is 13.1 Å². The van der Waals surface area contributed by atoms with Gasteiger partial charge in [-0.1, -0.05) is 30.3 Å². The van der Waals surface area contributed by atoms with Crippen LogP contribution in [0.4, 0.5) is 4.79 Å². The standard InChI is InChI=1S/C17H17BrN2O3/c18-15-7-4-9-19-16(15)23-14-8-10-20(11-14)17(21)22-12-13-5-2-1-3-6-13/h1-7,9,14H,8,10-12H2. The van der Waals surface area contributed by atoms with E-state index in [1.54, 1.807) is 11.1 Å². The molecule has 0 aliphatic carbocycles. The van der Waals surface area contributed by atoms with Gasteiger partial charge in [0, 0.05) is 19.2 Å². The van der Waals surface area contributed by atoms with E-state index >= 15 is 0 Å². The molecule has 1 saturated heterocycles. The minimum atomic E-state index is -0.306. The Hall–Kier alpha value is -2.08. The van der Waals surface area contributed by atoms with E-state index in [1.807, 2.05) is 42.5 Å². The second-order valence-electron chi connectivity index (χ2n) is 5.31. The number of hydrogen-bond acceptors (Lipinski definition) is 4. The summed E-state index contributed by atoms with van der Waals surface area (Å²) in [7, 11) is 0. The van der Waals surface area contributed by atoms with E-state index in [4.69, 9.17) is 9.47 Å². The molecule has 3 rings (SSSR count). The highest BCUT2D eigenvalue weighted by Gasteiger charge is 2.29. The highest BCUT2D eigenvalue weighted by molar-refractivity contribution is 9.10. The van der Waals surface area contributed by atoms with Crippen molar-refractivity contribution in [3.63, 3.8) is 0 Å². The molecule has 23 heavy (non-hydrogen) atoms. The Balaban J connectivity index is 1.49. The van der Waals surface area contributed by atoms with E-state index in [-0.39, 0.29) is 18.8 Å². The topological polar surface area (TPSA) is 51.7 Å². The van der Waals surface area contributed by atoms with Crippen LogP contribution in [0, 0.1) is 0 Å². The second-order valence-corrected chi connectivity index (χ2v) is 6.16. The van der Waals surface area contributed by atoms with E-state index in [0.717, 1.165) is 16.5 Å². The summed E-state index contributed by atoms with van der Waals surface area (Å²) in [4.78, 5) is 18.0. The largest absolute Gasteiger partial charge is 0.472 e. The van der Waals surface area contributed by atoms with E-state index in [1.165, 1.54) is 0 Å². The SMILES string of the molecule is O=C(OCc1ccccc1)N1CCC(Oc2ncccc2Br)C1. The monoisotopic (exact) mass is 376 g/mol. The average Bonchev–Trinajstić information content (AvgIpc) is 3.04. The van der Waals surface area contributed by atoms with E-state index in [0.29, 0.717) is 19.0 Å². The number of halogens is 1. The van der Waals surface area contributed by atoms with Gasteiger partial charge in [0.1, 0.15) is 12.7 Å². The molecule has 0 N–H and O–H groups in total. The van der Waals surface area contributed by atoms with Gasteiger partial charge in [-0.25, -0.2) is 9.78 Å². The van der Waals surface area contributed by atoms with Crippen molar-refractivity contribution in [1.29, 1.82) is 0 Å². The molecule has 5 nitrogen and oxygen atoms in total. The number of likely N-dealkylation sites (tertiary alicyclic amines) is 1. The Morgan fingerprint density at radius 3 is 2.87 bits per heavy atom. The molecule has 1 unspecified atom stereocenters. The summed E-state index contributed by atoms with van der Waals surface area (Å²) < 4.78 is 12.0. The summed E-state index contributed by atoms with van der Waals surface area (Å²) in [6, 6.07) is 13.4. The lowest BCUT2D eigenvalue weighted by molar-refractivity contribution is 0.0987. The zero-order chi connectivity index (χ0) is 16.1. The number of hydrogen-bond donors (Lipinski definition) is 0. The Kier molecular flexibility index (Phi) is 5.12. The maximum absolute atomic E-state index is 12.1. The predicted molar refractivity (Wildman–Crippen MR) is 89.2 cm³/mol. The molecule has 0 radical (unpaired) electrons. The van der Waals surface area contributed by atoms with Crippen LogP contribution in [0.3, 0.4) is 0 Å². The molecule has 1 aliphatic rings. The van der Waals surface area contributed by atoms with E-state index < -0.39 is 0 Å². The van der Waals surface area contributed by atoms with Crippen molar-refractivity contribution in [2.24, 2.45) is 0 Å². The zero-order valence-electron chi connectivity index (χ0n) is 12.5. The van der Waals surface area contributed by atoms with Crippen molar-refractivity contribution < 1.29 is 14.3 Å². The first-order valence-electron chi connectivity index (χ1n) is 7.45. The number of rotatable bonds is 4. The van der Waals surface area contributed by atoms with Crippen LogP contribution in [0.5, 0.6) is 5.88 Å². The van der Waals surface area contributed by atoms with Gasteiger partial charge in [0.15, 0.2) is 0 Å². The number of nitrogens with zero attached hydrogens (tertiary/aromatic N) is 2. The van der Waals surface area contributed by atoms with Crippen molar-refractivity contribution in [3.8, 4) is 5.88 Å². The Labute approximate surface area is 143 Å². The lowest BCUT2D eigenvalue weighted by Crippen LogP contribution is -2.31. The van der Waals surface area contributed by atoms with Crippen LogP contribution in [-0.2, 0) is 11.3 Å². The summed E-state index contributed by atoms with van der Waals surface area (Å²) >= 11 is 3.41. The van der Waals surface area contributed by atoms with Gasteiger partial charge in [-0.2, -0.15) is 0 Å². The minimum Gasteiger partial charge on any atom is -0.472 e. The van der Waals surface area contributed by atoms with Gasteiger partial charge >= 0.3 is 6.09 Å². The lowest BCUT2D eigenvalue weighted by atomic mass is 10.2. The molecule has 1 aliphatic heterocycles. The first-order valence-corrected chi connectivity index (χ1v) is 8.24. The summed E-state index contributed by atoms with van der Waals surface area (Å²) in [5.74, 6) is 0.553. The molecule has 6 heteroatoms. The fraction of sp³-hybridized carbons (Fsp3) is 0.294. The predicted octanol–water partition coefficient (Wildman–Crippen LogP) is 3.63. The summed E-state index contributed by atoms with van der Waals surface area (Å²) in [5.41, 5.74) is 0.977. The third-order valence-corrected chi connectivity index (χ3v) is 4.21. The Morgan fingerprint density at radius 2 is 2.09 bits per heavy atom. The van der Waals surface area contributed by atoms with Crippen LogP contribution in [-0.4, -0.2) is 35.2 Å². The van der Waals surface area contributed by atoms with E-state index in [9.17, 15) is 4.79 Å². The molecule has 2 aromatic rings. The minimum absolute atomic E-state index is 0.0644. The van der Waals surface area contributed by atoms with Crippen LogP contribution in [0.2, 0.25) is 0 Å². The molecular formula is C17H17BrN2O3. The van der Waals surface area contributed by atoms with Crippen molar-refractivity contribution in [1.82, 2.24) is 9.88 Å². The number of aromatic nitrogens is 1. The maximum Gasteiger partial charge on any atom is 0.410 e. The Morgan fingerprint density at radius 1 is 1.26 bits per heavy atom. The smallest absolute Gasteiger partial charge is 0.410 e. The maximum atomic E-state index is 12.1. The highest BCUT2D eigenvalue weighted by atomic mass is 79.9. The third-order valence-electron chi connectivity index (χ3n) is 3.61. The van der Waals surface area contributed by atoms with Crippen LogP contribution in [0.25, 0.3) is 0 Å². The van der Waals surface area contributed by atoms with Gasteiger partial charge in [0.25, 0.3) is 0 Å². The number of carbonyl (C=O) groups is 1. The van der Waals surface area contributed by atoms with Crippen molar-refractivity contribution in [3.05, 3.63) is 58.7 Å². The van der Waals surface area contributed by atoms with Gasteiger partial charge in [0.05, 0.1) is 11.0 Å². The van der Waals surface area contributed by atoms with Crippen molar-refractivity contribution in [2.45, 2.75) is 19.1 Å². The normalized spacial score (nSPS) is 17.1. The molecule has 1 amide bonds. The first-order chi connectivity index (χ1) is 11.2. The zero-order valence-corrected chi connectivity index (χ0v) is 14.1. The van der Waals surface area contributed by atoms with Crippen molar-refractivity contribution >= 4 is 22.0 Å². The molecule has 0 saturated carbocycles. The lowest BCUT2D eigenvalue weighted by Gasteiger charge is -2.17. The molecule has 1 atom stereocenters. The molecule has 2 heterocycles. The number of pyridine rings is 1. The molecule has 1 aromatic heterocycles. The van der Waals surface area contributed by atoms with Gasteiger partial charge in [-0.05, 0) is 33.6 Å². The molecule has 0 spiro atoms. The number of ether oxygens (including phenoxy) is 2. The Bertz CT molecular complexity index is 666. The number of carbonyl (C=O) groups excluding carboxylic acids is 1. The average molecular weight is 377 g/mol. The van der Waals surface area contributed by atoms with Gasteiger partial charge < -0.3 is 14.4 Å². The fourth-order valence-corrected chi connectivity index (χ4v) is 2.77. The third kappa shape index (κ3) is 4.22. The molecule has 1 fully saturated rings. The second kappa shape index (κ2) is 7.46. The number of amides is 1. The first kappa shape index (κ1) is 15.8. The van der Waals surface area contributed by atoms with Gasteiger partial charge in [-0.15, -0.1) is 0 Å². The summed E-state index contributed by atoms with van der Waals surface area (Å²) in [6.07, 6.45) is 2.08. The van der Waals surface area contributed by atoms with Gasteiger partial charge in [0.2, 0.25) is 5.88 Å². The van der Waals surface area contributed by atoms with Crippen LogP contribution in [0.1, 0.15) is 12.0 Å². The quantitative estimate of drug-likeness (QED) is 0.817. The number of benzene rings is 1. The van der Waals surface area contributed by atoms with Gasteiger partial charge in [-0.3, -0.25) is 0 Å². The molecule has 0 bridgehead atoms. The molecular weight excluding hydrogens is 360 g/mol. The van der Waals surface area contributed by atoms with E-state index in [2.05, 4.69) is 20.9 Å². The van der Waals surface area contributed by atoms with Crippen LogP contribution >= 0.6 is 15.9 Å². The molecule has 1 aromatic carbocycles. The van der Waals surface area contributed by atoms with Crippen LogP contribution < -0.4 is 4.74 Å².